The Morgan fingerprint density at radius 3 is 2.35 bits per heavy atom. The summed E-state index contributed by atoms with van der Waals surface area (Å²) in [6.45, 7) is 0.271. The summed E-state index contributed by atoms with van der Waals surface area (Å²) < 4.78 is 0. The number of halogens is 1. The third-order valence-corrected chi connectivity index (χ3v) is 3.63. The first kappa shape index (κ1) is 12.8. The number of para-hydroxylation sites is 1. The van der Waals surface area contributed by atoms with Gasteiger partial charge in [0.25, 0.3) is 0 Å². The van der Waals surface area contributed by atoms with Crippen LogP contribution in [-0.4, -0.2) is 17.5 Å². The van der Waals surface area contributed by atoms with Gasteiger partial charge in [0, 0.05) is 0 Å². The van der Waals surface area contributed by atoms with E-state index in [2.05, 4.69) is 0 Å². The van der Waals surface area contributed by atoms with Gasteiger partial charge in [-0.1, -0.05) is 54.1 Å². The number of rotatable bonds is 2. The summed E-state index contributed by atoms with van der Waals surface area (Å²) in [4.78, 5) is 1.71. The molecular weight excluding hydrogens is 272 g/mol. The molecular formula is C16H13ClN2O. The van der Waals surface area contributed by atoms with Gasteiger partial charge in [0.1, 0.15) is 11.6 Å². The van der Waals surface area contributed by atoms with Crippen LogP contribution in [0.4, 0.5) is 5.69 Å². The minimum absolute atomic E-state index is 0.195. The normalized spacial score (nSPS) is 15.1. The summed E-state index contributed by atoms with van der Waals surface area (Å²) in [6.07, 6.45) is 0. The topological polar surface area (TPSA) is 47.3 Å². The van der Waals surface area contributed by atoms with E-state index >= 15 is 0 Å². The highest BCUT2D eigenvalue weighted by Gasteiger charge is 2.30. The van der Waals surface area contributed by atoms with Crippen LogP contribution in [0.3, 0.4) is 0 Å². The Morgan fingerprint density at radius 2 is 1.65 bits per heavy atom. The average molecular weight is 285 g/mol. The van der Waals surface area contributed by atoms with Crippen molar-refractivity contribution in [3.63, 3.8) is 0 Å². The van der Waals surface area contributed by atoms with Crippen molar-refractivity contribution in [3.8, 4) is 0 Å². The highest BCUT2D eigenvalue weighted by molar-refractivity contribution is 6.36. The number of nitrogens with one attached hydrogen (secondary N) is 1. The molecule has 0 saturated heterocycles. The van der Waals surface area contributed by atoms with E-state index in [1.165, 1.54) is 0 Å². The van der Waals surface area contributed by atoms with Crippen molar-refractivity contribution in [2.24, 2.45) is 0 Å². The molecule has 4 heteroatoms. The van der Waals surface area contributed by atoms with Crippen molar-refractivity contribution in [1.82, 2.24) is 0 Å². The van der Waals surface area contributed by atoms with Gasteiger partial charge in [-0.05, 0) is 17.7 Å². The number of aliphatic hydroxyl groups excluding tert-OH is 1. The van der Waals surface area contributed by atoms with E-state index in [0.29, 0.717) is 10.6 Å². The second-order valence-corrected chi connectivity index (χ2v) is 4.98. The number of anilines is 1. The fourth-order valence-corrected chi connectivity index (χ4v) is 2.60. The lowest BCUT2D eigenvalue weighted by atomic mass is 10.1. The predicted molar refractivity (Wildman–Crippen MR) is 82.5 cm³/mol. The highest BCUT2D eigenvalue weighted by atomic mass is 35.5. The van der Waals surface area contributed by atoms with Crippen molar-refractivity contribution in [2.75, 3.05) is 11.4 Å². The van der Waals surface area contributed by atoms with Gasteiger partial charge < -0.3 is 10.0 Å². The second-order valence-electron chi connectivity index (χ2n) is 4.57. The van der Waals surface area contributed by atoms with Crippen LogP contribution in [0.25, 0.3) is 5.57 Å². The van der Waals surface area contributed by atoms with Crippen molar-refractivity contribution in [2.45, 2.75) is 0 Å². The number of amidine groups is 1. The lowest BCUT2D eigenvalue weighted by Crippen LogP contribution is -2.26. The maximum Gasteiger partial charge on any atom is 0.137 e. The third kappa shape index (κ3) is 2.06. The van der Waals surface area contributed by atoms with Gasteiger partial charge in [-0.25, -0.2) is 0 Å². The van der Waals surface area contributed by atoms with E-state index in [1.807, 2.05) is 48.5 Å². The van der Waals surface area contributed by atoms with E-state index in [9.17, 15) is 5.11 Å². The van der Waals surface area contributed by atoms with E-state index in [1.54, 1.807) is 11.0 Å². The lowest BCUT2D eigenvalue weighted by molar-refractivity contribution is 0.411. The minimum atomic E-state index is 0.195. The number of nitrogens with zero attached hydrogens (tertiary/aromatic N) is 1. The predicted octanol–water partition coefficient (Wildman–Crippen LogP) is 4.11. The van der Waals surface area contributed by atoms with Crippen molar-refractivity contribution in [3.05, 3.63) is 70.9 Å². The quantitative estimate of drug-likeness (QED) is 0.872. The van der Waals surface area contributed by atoms with Gasteiger partial charge in [0.2, 0.25) is 0 Å². The van der Waals surface area contributed by atoms with Gasteiger partial charge in [0.05, 0.1) is 22.8 Å². The molecule has 0 atom stereocenters. The summed E-state index contributed by atoms with van der Waals surface area (Å²) in [5.74, 6) is 0.461. The highest BCUT2D eigenvalue weighted by Crippen LogP contribution is 2.34. The molecule has 0 fully saturated rings. The first-order valence-electron chi connectivity index (χ1n) is 6.27. The number of benzene rings is 2. The zero-order valence-corrected chi connectivity index (χ0v) is 11.4. The molecule has 0 bridgehead atoms. The van der Waals surface area contributed by atoms with E-state index < -0.39 is 0 Å². The van der Waals surface area contributed by atoms with Gasteiger partial charge in [-0.15, -0.1) is 0 Å². The summed E-state index contributed by atoms with van der Waals surface area (Å²) >= 11 is 6.17. The molecule has 1 aliphatic heterocycles. The Labute approximate surface area is 122 Å². The van der Waals surface area contributed by atoms with Gasteiger partial charge in [-0.3, -0.25) is 5.41 Å². The molecule has 3 rings (SSSR count). The van der Waals surface area contributed by atoms with Gasteiger partial charge in [0.15, 0.2) is 0 Å². The largest absolute Gasteiger partial charge is 0.510 e. The number of aliphatic hydroxyl groups is 1. The molecule has 2 N–H and O–H groups in total. The minimum Gasteiger partial charge on any atom is -0.510 e. The molecule has 0 amide bonds. The van der Waals surface area contributed by atoms with Crippen LogP contribution in [0.15, 0.2) is 60.4 Å². The van der Waals surface area contributed by atoms with Crippen LogP contribution in [0.1, 0.15) is 5.56 Å². The van der Waals surface area contributed by atoms with Gasteiger partial charge in [-0.2, -0.15) is 0 Å². The molecule has 2 aromatic carbocycles. The Bertz CT molecular complexity index is 695. The Balaban J connectivity index is 2.00. The lowest BCUT2D eigenvalue weighted by Gasteiger charge is -2.20. The number of hydrogen-bond acceptors (Lipinski definition) is 2. The molecule has 100 valence electrons. The van der Waals surface area contributed by atoms with Crippen LogP contribution in [0.2, 0.25) is 5.02 Å². The molecule has 2 aromatic rings. The van der Waals surface area contributed by atoms with Crippen molar-refractivity contribution < 1.29 is 5.11 Å². The summed E-state index contributed by atoms with van der Waals surface area (Å²) in [6, 6.07) is 16.8. The van der Waals surface area contributed by atoms with Crippen LogP contribution in [-0.2, 0) is 0 Å². The average Bonchev–Trinajstić information content (AvgIpc) is 2.75. The molecule has 0 spiro atoms. The molecule has 1 aliphatic rings. The molecule has 3 nitrogen and oxygen atoms in total. The summed E-state index contributed by atoms with van der Waals surface area (Å²) in [7, 11) is 0. The maximum absolute atomic E-state index is 10.2. The van der Waals surface area contributed by atoms with Crippen LogP contribution < -0.4 is 4.90 Å². The Hall–Kier alpha value is -2.26. The fourth-order valence-electron chi connectivity index (χ4n) is 2.36. The number of hydrogen-bond donors (Lipinski definition) is 2. The first-order valence-corrected chi connectivity index (χ1v) is 6.65. The fraction of sp³-hybridized carbons (Fsp3) is 0.0625. The molecule has 0 unspecified atom stereocenters. The van der Waals surface area contributed by atoms with E-state index in [-0.39, 0.29) is 18.1 Å². The first-order chi connectivity index (χ1) is 9.68. The molecule has 0 saturated carbocycles. The smallest absolute Gasteiger partial charge is 0.137 e. The monoisotopic (exact) mass is 284 g/mol. The second kappa shape index (κ2) is 5.02. The Kier molecular flexibility index (Phi) is 3.20. The van der Waals surface area contributed by atoms with Crippen molar-refractivity contribution in [1.29, 1.82) is 5.41 Å². The van der Waals surface area contributed by atoms with E-state index in [4.69, 9.17) is 17.0 Å². The SMILES string of the molecule is N=C1C(c2ccccc2)=C(O)CN1c1ccccc1Cl. The zero-order valence-electron chi connectivity index (χ0n) is 10.7. The van der Waals surface area contributed by atoms with Crippen LogP contribution >= 0.6 is 11.6 Å². The van der Waals surface area contributed by atoms with E-state index in [0.717, 1.165) is 11.3 Å². The molecule has 0 aromatic heterocycles. The third-order valence-electron chi connectivity index (χ3n) is 3.31. The standard InChI is InChI=1S/C16H13ClN2O/c17-12-8-4-5-9-13(12)19-10-14(20)15(16(19)18)11-6-2-1-3-7-11/h1-9,18,20H,10H2. The van der Waals surface area contributed by atoms with Crippen LogP contribution in [0, 0.1) is 5.41 Å². The van der Waals surface area contributed by atoms with Crippen LogP contribution in [0.5, 0.6) is 0 Å². The van der Waals surface area contributed by atoms with Gasteiger partial charge >= 0.3 is 0 Å². The Morgan fingerprint density at radius 1 is 1.00 bits per heavy atom. The molecule has 20 heavy (non-hydrogen) atoms. The molecule has 1 heterocycles. The maximum atomic E-state index is 10.2. The summed E-state index contributed by atoms with van der Waals surface area (Å²) in [5, 5.41) is 19.1. The molecule has 0 aliphatic carbocycles. The molecule has 0 radical (unpaired) electrons. The summed E-state index contributed by atoms with van der Waals surface area (Å²) in [5.41, 5.74) is 2.13. The zero-order chi connectivity index (χ0) is 14.1. The van der Waals surface area contributed by atoms with Crippen molar-refractivity contribution >= 4 is 28.7 Å².